The average Bonchev–Trinajstić information content (AvgIpc) is 2.85. The third-order valence-corrected chi connectivity index (χ3v) is 7.06. The second-order valence-corrected chi connectivity index (χ2v) is 10.8. The zero-order chi connectivity index (χ0) is 27.0. The normalized spacial score (nSPS) is 12.0. The minimum absolute atomic E-state index is 0.0138. The summed E-state index contributed by atoms with van der Waals surface area (Å²) in [7, 11) is -3.96. The van der Waals surface area contributed by atoms with Crippen molar-refractivity contribution in [1.82, 2.24) is 10.2 Å². The van der Waals surface area contributed by atoms with Crippen LogP contribution in [0.1, 0.15) is 18.1 Å². The molecule has 37 heavy (non-hydrogen) atoms. The number of anilines is 1. The second-order valence-electron chi connectivity index (χ2n) is 8.50. The fraction of sp³-hybridized carbons (Fsp3) is 0.259. The van der Waals surface area contributed by atoms with Crippen molar-refractivity contribution >= 4 is 39.1 Å². The predicted octanol–water partition coefficient (Wildman–Crippen LogP) is 4.02. The van der Waals surface area contributed by atoms with Gasteiger partial charge in [0, 0.05) is 24.5 Å². The van der Waals surface area contributed by atoms with E-state index >= 15 is 0 Å². The maximum Gasteiger partial charge on any atom is 0.244 e. The first kappa shape index (κ1) is 28.1. The Labute approximate surface area is 221 Å². The molecule has 0 bridgehead atoms. The van der Waals surface area contributed by atoms with Crippen molar-refractivity contribution in [2.45, 2.75) is 25.9 Å². The molecule has 0 unspecified atom stereocenters. The molecule has 0 aromatic heterocycles. The fourth-order valence-corrected chi connectivity index (χ4v) is 4.84. The molecule has 7 nitrogen and oxygen atoms in total. The van der Waals surface area contributed by atoms with Gasteiger partial charge in [-0.05, 0) is 48.4 Å². The first-order chi connectivity index (χ1) is 17.6. The van der Waals surface area contributed by atoms with Gasteiger partial charge in [0.05, 0.1) is 11.9 Å². The van der Waals surface area contributed by atoms with E-state index in [1.165, 1.54) is 23.1 Å². The summed E-state index contributed by atoms with van der Waals surface area (Å²) < 4.78 is 40.0. The van der Waals surface area contributed by atoms with E-state index < -0.39 is 34.3 Å². The summed E-state index contributed by atoms with van der Waals surface area (Å²) in [6.45, 7) is 1.55. The van der Waals surface area contributed by atoms with Gasteiger partial charge in [-0.3, -0.25) is 13.9 Å². The number of nitrogens with zero attached hydrogens (tertiary/aromatic N) is 2. The lowest BCUT2D eigenvalue weighted by Crippen LogP contribution is -2.53. The molecule has 0 saturated carbocycles. The number of halogens is 2. The molecule has 3 aromatic rings. The van der Waals surface area contributed by atoms with Crippen molar-refractivity contribution in [3.05, 3.63) is 101 Å². The average molecular weight is 546 g/mol. The Balaban J connectivity index is 2.03. The Bertz CT molecular complexity index is 1320. The lowest BCUT2D eigenvalue weighted by Gasteiger charge is -2.33. The van der Waals surface area contributed by atoms with Crippen molar-refractivity contribution in [2.24, 2.45) is 0 Å². The molecular formula is C27H29ClFN3O4S. The molecule has 0 heterocycles. The van der Waals surface area contributed by atoms with E-state index in [1.807, 2.05) is 30.3 Å². The minimum atomic E-state index is -3.96. The fourth-order valence-electron chi connectivity index (χ4n) is 3.88. The van der Waals surface area contributed by atoms with Crippen molar-refractivity contribution < 1.29 is 22.4 Å². The highest BCUT2D eigenvalue weighted by atomic mass is 35.5. The van der Waals surface area contributed by atoms with Gasteiger partial charge in [-0.15, -0.1) is 0 Å². The lowest BCUT2D eigenvalue weighted by molar-refractivity contribution is -0.140. The summed E-state index contributed by atoms with van der Waals surface area (Å²) in [4.78, 5) is 28.4. The Hall–Kier alpha value is -3.43. The molecule has 0 aliphatic rings. The van der Waals surface area contributed by atoms with Crippen molar-refractivity contribution in [2.75, 3.05) is 23.7 Å². The van der Waals surface area contributed by atoms with Gasteiger partial charge in [-0.2, -0.15) is 0 Å². The van der Waals surface area contributed by atoms with Crippen LogP contribution < -0.4 is 9.62 Å². The van der Waals surface area contributed by atoms with Crippen LogP contribution in [0.3, 0.4) is 0 Å². The number of rotatable bonds is 11. The van der Waals surface area contributed by atoms with Gasteiger partial charge in [0.15, 0.2) is 0 Å². The number of carbonyl (C=O) groups excluding carboxylic acids is 2. The topological polar surface area (TPSA) is 86.8 Å². The number of nitrogens with one attached hydrogen (secondary N) is 1. The summed E-state index contributed by atoms with van der Waals surface area (Å²) in [5.74, 6) is -1.62. The number of sulfonamides is 1. The van der Waals surface area contributed by atoms with Crippen LogP contribution >= 0.6 is 11.6 Å². The lowest BCUT2D eigenvalue weighted by atomic mass is 10.0. The summed E-state index contributed by atoms with van der Waals surface area (Å²) in [6.07, 6.45) is 1.16. The van der Waals surface area contributed by atoms with Crippen LogP contribution in [-0.2, 0) is 32.6 Å². The van der Waals surface area contributed by atoms with Crippen LogP contribution in [-0.4, -0.2) is 50.5 Å². The number of hydrogen-bond acceptors (Lipinski definition) is 4. The van der Waals surface area contributed by atoms with E-state index in [2.05, 4.69) is 5.32 Å². The quantitative estimate of drug-likeness (QED) is 0.394. The van der Waals surface area contributed by atoms with Crippen LogP contribution in [0.4, 0.5) is 10.1 Å². The van der Waals surface area contributed by atoms with E-state index in [-0.39, 0.29) is 24.6 Å². The van der Waals surface area contributed by atoms with Gasteiger partial charge in [-0.25, -0.2) is 12.8 Å². The molecule has 0 spiro atoms. The predicted molar refractivity (Wildman–Crippen MR) is 143 cm³/mol. The number of hydrogen-bond donors (Lipinski definition) is 1. The molecule has 196 valence electrons. The van der Waals surface area contributed by atoms with Crippen LogP contribution in [0.2, 0.25) is 5.02 Å². The summed E-state index contributed by atoms with van der Waals surface area (Å²) >= 11 is 6.02. The third-order valence-electron chi connectivity index (χ3n) is 5.66. The third kappa shape index (κ3) is 8.03. The van der Waals surface area contributed by atoms with Gasteiger partial charge in [0.1, 0.15) is 18.4 Å². The molecule has 2 amide bonds. The number of amides is 2. The van der Waals surface area contributed by atoms with E-state index in [0.29, 0.717) is 17.1 Å². The monoisotopic (exact) mass is 545 g/mol. The summed E-state index contributed by atoms with van der Waals surface area (Å²) in [5.41, 5.74) is 1.55. The molecule has 0 aliphatic carbocycles. The Kier molecular flexibility index (Phi) is 9.66. The van der Waals surface area contributed by atoms with Gasteiger partial charge in [0.2, 0.25) is 21.8 Å². The molecule has 0 fully saturated rings. The summed E-state index contributed by atoms with van der Waals surface area (Å²) in [5, 5.41) is 3.30. The van der Waals surface area contributed by atoms with E-state index in [1.54, 1.807) is 31.2 Å². The molecule has 0 aliphatic heterocycles. The Morgan fingerprint density at radius 2 is 1.65 bits per heavy atom. The molecule has 3 rings (SSSR count). The van der Waals surface area contributed by atoms with E-state index in [9.17, 15) is 22.4 Å². The maximum absolute atomic E-state index is 13.9. The van der Waals surface area contributed by atoms with Gasteiger partial charge >= 0.3 is 0 Å². The minimum Gasteiger partial charge on any atom is -0.355 e. The Morgan fingerprint density at radius 3 is 2.24 bits per heavy atom. The van der Waals surface area contributed by atoms with Crippen LogP contribution in [0.5, 0.6) is 0 Å². The molecule has 3 aromatic carbocycles. The zero-order valence-electron chi connectivity index (χ0n) is 20.6. The van der Waals surface area contributed by atoms with Crippen LogP contribution in [0, 0.1) is 5.82 Å². The van der Waals surface area contributed by atoms with Crippen LogP contribution in [0.25, 0.3) is 0 Å². The number of carbonyl (C=O) groups is 2. The maximum atomic E-state index is 13.9. The molecule has 1 atom stereocenters. The van der Waals surface area contributed by atoms with E-state index in [0.717, 1.165) is 22.2 Å². The molecule has 0 saturated heterocycles. The molecule has 1 N–H and O–H groups in total. The standard InChI is InChI=1S/C27H29ClFN3O4S/c1-3-30-27(34)25(16-20-8-5-4-6-9-20)31(18-21-12-14-22(28)15-13-21)26(33)19-32(37(2,35)36)24-11-7-10-23(29)17-24/h4-15,17,25H,3,16,18-19H2,1-2H3,(H,30,34)/t25-/m1/s1. The largest absolute Gasteiger partial charge is 0.355 e. The van der Waals surface area contributed by atoms with E-state index in [4.69, 9.17) is 11.6 Å². The smallest absolute Gasteiger partial charge is 0.244 e. The summed E-state index contributed by atoms with van der Waals surface area (Å²) in [6, 6.07) is 20.1. The highest BCUT2D eigenvalue weighted by molar-refractivity contribution is 7.92. The highest BCUT2D eigenvalue weighted by Gasteiger charge is 2.32. The molecule has 10 heteroatoms. The molecule has 0 radical (unpaired) electrons. The van der Waals surface area contributed by atoms with Crippen LogP contribution in [0.15, 0.2) is 78.9 Å². The molecular weight excluding hydrogens is 517 g/mol. The number of likely N-dealkylation sites (N-methyl/N-ethyl adjacent to an activating group) is 1. The van der Waals surface area contributed by atoms with Crippen molar-refractivity contribution in [3.8, 4) is 0 Å². The first-order valence-corrected chi connectivity index (χ1v) is 13.9. The van der Waals surface area contributed by atoms with Crippen molar-refractivity contribution in [3.63, 3.8) is 0 Å². The van der Waals surface area contributed by atoms with Crippen molar-refractivity contribution in [1.29, 1.82) is 0 Å². The zero-order valence-corrected chi connectivity index (χ0v) is 22.2. The second kappa shape index (κ2) is 12.7. The first-order valence-electron chi connectivity index (χ1n) is 11.7. The van der Waals surface area contributed by atoms with Gasteiger partial charge < -0.3 is 10.2 Å². The SMILES string of the molecule is CCNC(=O)[C@@H](Cc1ccccc1)N(Cc1ccc(Cl)cc1)C(=O)CN(c1cccc(F)c1)S(C)(=O)=O. The number of benzene rings is 3. The van der Waals surface area contributed by atoms with Gasteiger partial charge in [-0.1, -0.05) is 60.1 Å². The Morgan fingerprint density at radius 1 is 0.973 bits per heavy atom. The van der Waals surface area contributed by atoms with Gasteiger partial charge in [0.25, 0.3) is 0 Å². The highest BCUT2D eigenvalue weighted by Crippen LogP contribution is 2.21.